The van der Waals surface area contributed by atoms with Crippen LogP contribution < -0.4 is 10.1 Å². The van der Waals surface area contributed by atoms with Gasteiger partial charge in [-0.3, -0.25) is 9.59 Å². The zero-order chi connectivity index (χ0) is 28.2. The number of amides is 2. The number of aliphatic carboxylic acids is 1. The molecule has 2 fully saturated rings. The first kappa shape index (κ1) is 28.4. The summed E-state index contributed by atoms with van der Waals surface area (Å²) in [6, 6.07) is 13.7. The first-order valence-electron chi connectivity index (χ1n) is 13.0. The van der Waals surface area contributed by atoms with E-state index < -0.39 is 12.1 Å². The number of piperidine rings is 1. The number of para-hydroxylation sites is 1. The van der Waals surface area contributed by atoms with Crippen molar-refractivity contribution in [1.29, 1.82) is 0 Å². The molecule has 1 saturated heterocycles. The highest BCUT2D eigenvalue weighted by atomic mass is 19.4. The quantitative estimate of drug-likeness (QED) is 0.572. The van der Waals surface area contributed by atoms with Crippen molar-refractivity contribution in [2.24, 2.45) is 5.92 Å². The standard InChI is InChI=1S/C26H31N3O3.C2HF3O2/c1-18-5-4-7-22(28-18)25(31)29-13-11-26(12-14-29)16-20(15-24(30)27-17-19-9-10-19)21-6-2-3-8-23(21)32-26;3-2(4,5)1(6)7/h2-8,19-20H,9-17H2,1H3,(H,27,30);(H,6,7). The lowest BCUT2D eigenvalue weighted by molar-refractivity contribution is -0.192. The number of pyridine rings is 1. The molecule has 1 atom stereocenters. The summed E-state index contributed by atoms with van der Waals surface area (Å²) in [5.41, 5.74) is 2.15. The Morgan fingerprint density at radius 1 is 1.10 bits per heavy atom. The molecule has 3 aliphatic rings. The molecule has 1 aliphatic carbocycles. The Bertz CT molecular complexity index is 1210. The molecule has 210 valence electrons. The monoisotopic (exact) mass is 547 g/mol. The van der Waals surface area contributed by atoms with E-state index in [1.165, 1.54) is 12.8 Å². The third-order valence-electron chi connectivity index (χ3n) is 7.33. The van der Waals surface area contributed by atoms with Gasteiger partial charge in [-0.25, -0.2) is 9.78 Å². The SMILES string of the molecule is Cc1cccc(C(=O)N2CCC3(CC2)CC(CC(=O)NCC2CC2)c2ccccc2O3)n1.O=C(O)C(F)(F)F. The Morgan fingerprint density at radius 2 is 1.77 bits per heavy atom. The molecule has 5 rings (SSSR count). The second kappa shape index (κ2) is 11.6. The number of benzene rings is 1. The maximum atomic E-state index is 12.9. The molecule has 2 aromatic rings. The fourth-order valence-corrected chi connectivity index (χ4v) is 5.05. The van der Waals surface area contributed by atoms with Crippen molar-refractivity contribution in [2.45, 2.75) is 63.1 Å². The van der Waals surface area contributed by atoms with Crippen molar-refractivity contribution in [3.8, 4) is 5.75 Å². The van der Waals surface area contributed by atoms with E-state index in [0.717, 1.165) is 42.8 Å². The number of halogens is 3. The van der Waals surface area contributed by atoms with Crippen molar-refractivity contribution in [3.05, 3.63) is 59.4 Å². The number of fused-ring (bicyclic) bond motifs is 1. The summed E-state index contributed by atoms with van der Waals surface area (Å²) in [5, 5.41) is 10.2. The Hall–Kier alpha value is -3.63. The van der Waals surface area contributed by atoms with Crippen LogP contribution in [0.4, 0.5) is 13.2 Å². The van der Waals surface area contributed by atoms with Gasteiger partial charge in [0.25, 0.3) is 5.91 Å². The predicted molar refractivity (Wildman–Crippen MR) is 135 cm³/mol. The average Bonchev–Trinajstić information content (AvgIpc) is 3.72. The third-order valence-corrected chi connectivity index (χ3v) is 7.33. The Balaban J connectivity index is 0.000000448. The summed E-state index contributed by atoms with van der Waals surface area (Å²) >= 11 is 0. The number of carboxylic acid groups (broad SMARTS) is 1. The van der Waals surface area contributed by atoms with Crippen LogP contribution in [0.25, 0.3) is 0 Å². The first-order chi connectivity index (χ1) is 18.5. The maximum absolute atomic E-state index is 12.9. The van der Waals surface area contributed by atoms with Crippen molar-refractivity contribution < 1.29 is 37.4 Å². The van der Waals surface area contributed by atoms with Gasteiger partial charge < -0.3 is 20.1 Å². The number of carbonyl (C=O) groups is 3. The zero-order valence-electron chi connectivity index (χ0n) is 21.7. The molecule has 0 radical (unpaired) electrons. The minimum Gasteiger partial charge on any atom is -0.487 e. The van der Waals surface area contributed by atoms with Gasteiger partial charge in [-0.05, 0) is 55.9 Å². The average molecular weight is 548 g/mol. The second-order valence-corrected chi connectivity index (χ2v) is 10.4. The van der Waals surface area contributed by atoms with Crippen LogP contribution in [0.5, 0.6) is 5.75 Å². The molecular weight excluding hydrogens is 515 g/mol. The lowest BCUT2D eigenvalue weighted by Gasteiger charge is -2.46. The van der Waals surface area contributed by atoms with Gasteiger partial charge in [0.05, 0.1) is 0 Å². The third kappa shape index (κ3) is 7.48. The largest absolute Gasteiger partial charge is 0.490 e. The highest BCUT2D eigenvalue weighted by Gasteiger charge is 2.44. The van der Waals surface area contributed by atoms with Crippen molar-refractivity contribution in [3.63, 3.8) is 0 Å². The number of ether oxygens (including phenoxy) is 1. The molecule has 11 heteroatoms. The molecule has 2 amide bonds. The summed E-state index contributed by atoms with van der Waals surface area (Å²) in [4.78, 5) is 40.7. The van der Waals surface area contributed by atoms with E-state index in [0.29, 0.717) is 31.1 Å². The number of nitrogens with one attached hydrogen (secondary N) is 1. The number of carboxylic acids is 1. The molecule has 1 spiro atoms. The van der Waals surface area contributed by atoms with E-state index in [2.05, 4.69) is 16.4 Å². The number of alkyl halides is 3. The molecule has 8 nitrogen and oxygen atoms in total. The van der Waals surface area contributed by atoms with Gasteiger partial charge in [-0.2, -0.15) is 13.2 Å². The molecule has 1 saturated carbocycles. The van der Waals surface area contributed by atoms with Crippen LogP contribution in [0.15, 0.2) is 42.5 Å². The van der Waals surface area contributed by atoms with Crippen LogP contribution in [-0.4, -0.2) is 64.2 Å². The van der Waals surface area contributed by atoms with Crippen molar-refractivity contribution in [2.75, 3.05) is 19.6 Å². The number of likely N-dealkylation sites (tertiary alicyclic amines) is 1. The van der Waals surface area contributed by atoms with Gasteiger partial charge >= 0.3 is 12.1 Å². The number of aromatic nitrogens is 1. The highest BCUT2D eigenvalue weighted by Crippen LogP contribution is 2.46. The minimum absolute atomic E-state index is 0.0178. The van der Waals surface area contributed by atoms with E-state index in [1.54, 1.807) is 6.07 Å². The summed E-state index contributed by atoms with van der Waals surface area (Å²) in [6.07, 6.45) is 0.210. The van der Waals surface area contributed by atoms with Crippen molar-refractivity contribution in [1.82, 2.24) is 15.2 Å². The summed E-state index contributed by atoms with van der Waals surface area (Å²) in [6.45, 7) is 3.98. The van der Waals surface area contributed by atoms with Gasteiger partial charge in [0.15, 0.2) is 0 Å². The summed E-state index contributed by atoms with van der Waals surface area (Å²) < 4.78 is 38.3. The topological polar surface area (TPSA) is 109 Å². The molecule has 0 bridgehead atoms. The smallest absolute Gasteiger partial charge is 0.487 e. The molecule has 3 heterocycles. The maximum Gasteiger partial charge on any atom is 0.490 e. The van der Waals surface area contributed by atoms with Gasteiger partial charge in [0.2, 0.25) is 5.91 Å². The molecule has 39 heavy (non-hydrogen) atoms. The Labute approximate surface area is 224 Å². The fourth-order valence-electron chi connectivity index (χ4n) is 5.05. The number of rotatable bonds is 5. The Kier molecular flexibility index (Phi) is 8.46. The fraction of sp³-hybridized carbons (Fsp3) is 0.500. The summed E-state index contributed by atoms with van der Waals surface area (Å²) in [7, 11) is 0. The number of nitrogens with zero attached hydrogens (tertiary/aromatic N) is 2. The number of hydrogen-bond donors (Lipinski definition) is 2. The first-order valence-corrected chi connectivity index (χ1v) is 13.0. The molecule has 1 aromatic heterocycles. The Morgan fingerprint density at radius 3 is 2.38 bits per heavy atom. The van der Waals surface area contributed by atoms with Gasteiger partial charge in [-0.1, -0.05) is 24.3 Å². The van der Waals surface area contributed by atoms with Gasteiger partial charge in [-0.15, -0.1) is 0 Å². The van der Waals surface area contributed by atoms with Crippen molar-refractivity contribution >= 4 is 17.8 Å². The zero-order valence-corrected chi connectivity index (χ0v) is 21.7. The normalized spacial score (nSPS) is 19.7. The molecule has 1 aromatic carbocycles. The van der Waals surface area contributed by atoms with E-state index in [9.17, 15) is 22.8 Å². The van der Waals surface area contributed by atoms with Gasteiger partial charge in [0.1, 0.15) is 17.0 Å². The molecule has 1 unspecified atom stereocenters. The van der Waals surface area contributed by atoms with E-state index in [-0.39, 0.29) is 23.3 Å². The minimum atomic E-state index is -5.08. The molecule has 2 aliphatic heterocycles. The number of aryl methyl sites for hydroxylation is 1. The van der Waals surface area contributed by atoms with Crippen LogP contribution in [-0.2, 0) is 9.59 Å². The molecule has 2 N–H and O–H groups in total. The van der Waals surface area contributed by atoms with Crippen LogP contribution >= 0.6 is 0 Å². The van der Waals surface area contributed by atoms with Crippen LogP contribution in [0.1, 0.15) is 66.2 Å². The van der Waals surface area contributed by atoms with Crippen LogP contribution in [0.2, 0.25) is 0 Å². The highest BCUT2D eigenvalue weighted by molar-refractivity contribution is 5.92. The number of hydrogen-bond acceptors (Lipinski definition) is 5. The van der Waals surface area contributed by atoms with Crippen LogP contribution in [0, 0.1) is 12.8 Å². The second-order valence-electron chi connectivity index (χ2n) is 10.4. The van der Waals surface area contributed by atoms with Gasteiger partial charge in [0, 0.05) is 50.5 Å². The predicted octanol–water partition coefficient (Wildman–Crippen LogP) is 4.48. The summed E-state index contributed by atoms with van der Waals surface area (Å²) in [5.74, 6) is -0.939. The van der Waals surface area contributed by atoms with Crippen LogP contribution in [0.3, 0.4) is 0 Å². The number of carbonyl (C=O) groups excluding carboxylic acids is 2. The lowest BCUT2D eigenvalue weighted by atomic mass is 9.76. The lowest BCUT2D eigenvalue weighted by Crippen LogP contribution is -2.52. The van der Waals surface area contributed by atoms with E-state index >= 15 is 0 Å². The van der Waals surface area contributed by atoms with E-state index in [4.69, 9.17) is 14.6 Å². The van der Waals surface area contributed by atoms with E-state index in [1.807, 2.05) is 42.2 Å². The molecular formula is C28H32F3N3O5.